The van der Waals surface area contributed by atoms with Gasteiger partial charge in [-0.2, -0.15) is 5.26 Å². The molecule has 144 valence electrons. The third-order valence-corrected chi connectivity index (χ3v) is 6.13. The quantitative estimate of drug-likeness (QED) is 0.455. The zero-order chi connectivity index (χ0) is 20.3. The molecule has 0 fully saturated rings. The smallest absolute Gasteiger partial charge is 0.263 e. The molecule has 0 atom stereocenters. The SMILES string of the molecule is CN(CCC#N)C(=O)CSc1nc2scc(-c3ccc(F)cc3)c2c(=O)n1C. The van der Waals surface area contributed by atoms with E-state index in [1.165, 1.54) is 44.7 Å². The monoisotopic (exact) mass is 416 g/mol. The van der Waals surface area contributed by atoms with Gasteiger partial charge in [0, 0.05) is 31.6 Å². The van der Waals surface area contributed by atoms with Crippen molar-refractivity contribution in [2.75, 3.05) is 19.3 Å². The van der Waals surface area contributed by atoms with Gasteiger partial charge in [0.05, 0.1) is 23.6 Å². The molecule has 0 spiro atoms. The van der Waals surface area contributed by atoms with Crippen LogP contribution < -0.4 is 5.56 Å². The van der Waals surface area contributed by atoms with Gasteiger partial charge < -0.3 is 4.90 Å². The second kappa shape index (κ2) is 8.54. The summed E-state index contributed by atoms with van der Waals surface area (Å²) in [5.41, 5.74) is 1.26. The number of carbonyl (C=O) groups is 1. The molecule has 28 heavy (non-hydrogen) atoms. The summed E-state index contributed by atoms with van der Waals surface area (Å²) >= 11 is 2.53. The summed E-state index contributed by atoms with van der Waals surface area (Å²) in [5.74, 6) is -0.339. The van der Waals surface area contributed by atoms with E-state index in [1.54, 1.807) is 26.2 Å². The first-order chi connectivity index (χ1) is 13.4. The Bertz CT molecular complexity index is 1120. The molecule has 0 radical (unpaired) electrons. The first-order valence-electron chi connectivity index (χ1n) is 8.40. The predicted octanol–water partition coefficient (Wildman–Crippen LogP) is 3.27. The second-order valence-corrected chi connectivity index (χ2v) is 7.91. The van der Waals surface area contributed by atoms with Crippen molar-refractivity contribution in [2.24, 2.45) is 7.05 Å². The summed E-state index contributed by atoms with van der Waals surface area (Å²) in [7, 11) is 3.26. The van der Waals surface area contributed by atoms with Gasteiger partial charge in [0.2, 0.25) is 5.91 Å². The summed E-state index contributed by atoms with van der Waals surface area (Å²) < 4.78 is 14.6. The molecular weight excluding hydrogens is 399 g/mol. The first kappa shape index (κ1) is 20.0. The van der Waals surface area contributed by atoms with Crippen LogP contribution in [0.2, 0.25) is 0 Å². The maximum Gasteiger partial charge on any atom is 0.263 e. The molecule has 0 aliphatic carbocycles. The lowest BCUT2D eigenvalue weighted by molar-refractivity contribution is -0.127. The molecule has 2 aromatic heterocycles. The second-order valence-electron chi connectivity index (χ2n) is 6.11. The van der Waals surface area contributed by atoms with E-state index in [0.717, 1.165) is 11.1 Å². The van der Waals surface area contributed by atoms with E-state index in [0.29, 0.717) is 21.9 Å². The molecule has 0 N–H and O–H groups in total. The predicted molar refractivity (Wildman–Crippen MR) is 109 cm³/mol. The molecule has 0 aliphatic heterocycles. The van der Waals surface area contributed by atoms with Crippen molar-refractivity contribution in [1.82, 2.24) is 14.5 Å². The largest absolute Gasteiger partial charge is 0.344 e. The number of thiophene rings is 1. The standard InChI is InChI=1S/C19H17FN4O2S2/c1-23(9-3-8-21)15(25)11-28-19-22-17-16(18(26)24(19)2)14(10-27-17)12-4-6-13(20)7-5-12/h4-7,10H,3,9,11H2,1-2H3. The molecule has 1 aromatic carbocycles. The van der Waals surface area contributed by atoms with E-state index < -0.39 is 0 Å². The number of thioether (sulfide) groups is 1. The van der Waals surface area contributed by atoms with Crippen LogP contribution in [0.1, 0.15) is 6.42 Å². The third-order valence-electron chi connectivity index (χ3n) is 4.24. The van der Waals surface area contributed by atoms with Gasteiger partial charge in [-0.3, -0.25) is 14.2 Å². The van der Waals surface area contributed by atoms with Crippen LogP contribution in [-0.2, 0) is 11.8 Å². The Morgan fingerprint density at radius 3 is 2.79 bits per heavy atom. The number of fused-ring (bicyclic) bond motifs is 1. The highest BCUT2D eigenvalue weighted by Crippen LogP contribution is 2.32. The molecule has 0 bridgehead atoms. The molecule has 6 nitrogen and oxygen atoms in total. The number of hydrogen-bond donors (Lipinski definition) is 0. The van der Waals surface area contributed by atoms with Crippen molar-refractivity contribution in [2.45, 2.75) is 11.6 Å². The highest BCUT2D eigenvalue weighted by molar-refractivity contribution is 7.99. The van der Waals surface area contributed by atoms with E-state index in [2.05, 4.69) is 4.98 Å². The van der Waals surface area contributed by atoms with Crippen molar-refractivity contribution in [3.8, 4) is 17.2 Å². The van der Waals surface area contributed by atoms with Crippen molar-refractivity contribution < 1.29 is 9.18 Å². The van der Waals surface area contributed by atoms with Crippen LogP contribution in [0.4, 0.5) is 4.39 Å². The summed E-state index contributed by atoms with van der Waals surface area (Å²) in [4.78, 5) is 31.7. The Kier molecular flexibility index (Phi) is 6.11. The van der Waals surface area contributed by atoms with E-state index in [9.17, 15) is 14.0 Å². The van der Waals surface area contributed by atoms with Crippen LogP contribution in [0.5, 0.6) is 0 Å². The Morgan fingerprint density at radius 2 is 2.11 bits per heavy atom. The molecule has 0 saturated heterocycles. The van der Waals surface area contributed by atoms with Gasteiger partial charge in [-0.25, -0.2) is 9.37 Å². The Balaban J connectivity index is 1.88. The topological polar surface area (TPSA) is 79.0 Å². The third kappa shape index (κ3) is 4.08. The fourth-order valence-electron chi connectivity index (χ4n) is 2.60. The average Bonchev–Trinajstić information content (AvgIpc) is 3.12. The number of aromatic nitrogens is 2. The number of carbonyl (C=O) groups excluding carboxylic acids is 1. The van der Waals surface area contributed by atoms with E-state index in [-0.39, 0.29) is 29.5 Å². The maximum atomic E-state index is 13.2. The Hall–Kier alpha value is -2.70. The minimum atomic E-state index is -0.336. The molecule has 0 saturated carbocycles. The van der Waals surface area contributed by atoms with E-state index in [1.807, 2.05) is 11.4 Å². The summed E-state index contributed by atoms with van der Waals surface area (Å²) in [6.07, 6.45) is 0.275. The van der Waals surface area contributed by atoms with Crippen molar-refractivity contribution in [1.29, 1.82) is 5.26 Å². The zero-order valence-corrected chi connectivity index (χ0v) is 16.9. The van der Waals surface area contributed by atoms with Crippen molar-refractivity contribution in [3.63, 3.8) is 0 Å². The highest BCUT2D eigenvalue weighted by Gasteiger charge is 2.17. The maximum absolute atomic E-state index is 13.2. The van der Waals surface area contributed by atoms with Crippen LogP contribution in [0.3, 0.4) is 0 Å². The van der Waals surface area contributed by atoms with E-state index in [4.69, 9.17) is 5.26 Å². The number of nitrogens with zero attached hydrogens (tertiary/aromatic N) is 4. The molecule has 2 heterocycles. The number of hydrogen-bond acceptors (Lipinski definition) is 6. The number of halogens is 1. The van der Waals surface area contributed by atoms with Crippen LogP contribution >= 0.6 is 23.1 Å². The van der Waals surface area contributed by atoms with Gasteiger partial charge in [0.25, 0.3) is 5.56 Å². The molecule has 1 amide bonds. The Labute approximate surface area is 169 Å². The first-order valence-corrected chi connectivity index (χ1v) is 10.3. The number of nitriles is 1. The van der Waals surface area contributed by atoms with Crippen LogP contribution in [0.15, 0.2) is 39.6 Å². The lowest BCUT2D eigenvalue weighted by Gasteiger charge is -2.15. The van der Waals surface area contributed by atoms with Gasteiger partial charge in [-0.15, -0.1) is 11.3 Å². The molecule has 9 heteroatoms. The fraction of sp³-hybridized carbons (Fsp3) is 0.263. The summed E-state index contributed by atoms with van der Waals surface area (Å²) in [6, 6.07) is 7.99. The van der Waals surface area contributed by atoms with Crippen LogP contribution in [0, 0.1) is 17.1 Å². The molecule has 0 unspecified atom stereocenters. The van der Waals surface area contributed by atoms with Gasteiger partial charge in [0.1, 0.15) is 10.6 Å². The van der Waals surface area contributed by atoms with Crippen molar-refractivity contribution in [3.05, 3.63) is 45.8 Å². The van der Waals surface area contributed by atoms with Gasteiger partial charge >= 0.3 is 0 Å². The molecule has 3 aromatic rings. The highest BCUT2D eigenvalue weighted by atomic mass is 32.2. The molecule has 0 aliphatic rings. The van der Waals surface area contributed by atoms with Gasteiger partial charge in [0.15, 0.2) is 5.16 Å². The zero-order valence-electron chi connectivity index (χ0n) is 15.3. The average molecular weight is 417 g/mol. The molecular formula is C19H17FN4O2S2. The lowest BCUT2D eigenvalue weighted by atomic mass is 10.1. The van der Waals surface area contributed by atoms with Crippen molar-refractivity contribution >= 4 is 39.2 Å². The number of amides is 1. The fourth-order valence-corrected chi connectivity index (χ4v) is 4.50. The van der Waals surface area contributed by atoms with Crippen LogP contribution in [0.25, 0.3) is 21.3 Å². The van der Waals surface area contributed by atoms with E-state index >= 15 is 0 Å². The minimum absolute atomic E-state index is 0.129. The number of rotatable bonds is 6. The number of benzene rings is 1. The molecule has 3 rings (SSSR count). The summed E-state index contributed by atoms with van der Waals surface area (Å²) in [6.45, 7) is 0.368. The van der Waals surface area contributed by atoms with Crippen LogP contribution in [-0.4, -0.2) is 39.7 Å². The Morgan fingerprint density at radius 1 is 1.39 bits per heavy atom. The minimum Gasteiger partial charge on any atom is -0.344 e. The normalized spacial score (nSPS) is 10.8. The summed E-state index contributed by atoms with van der Waals surface area (Å²) in [5, 5.41) is 11.4. The lowest BCUT2D eigenvalue weighted by Crippen LogP contribution is -2.29. The van der Waals surface area contributed by atoms with Gasteiger partial charge in [-0.1, -0.05) is 23.9 Å². The van der Waals surface area contributed by atoms with Gasteiger partial charge in [-0.05, 0) is 17.7 Å².